The highest BCUT2D eigenvalue weighted by Crippen LogP contribution is 2.36. The highest BCUT2D eigenvalue weighted by Gasteiger charge is 2.38. The molecule has 150 valence electrons. The number of carbonyl (C=O) groups excluding carboxylic acids is 1. The van der Waals surface area contributed by atoms with Gasteiger partial charge < -0.3 is 4.90 Å². The van der Waals surface area contributed by atoms with Crippen molar-refractivity contribution in [2.24, 2.45) is 13.0 Å². The minimum atomic E-state index is -3.00. The van der Waals surface area contributed by atoms with Crippen molar-refractivity contribution >= 4 is 5.91 Å². The molecule has 1 heterocycles. The van der Waals surface area contributed by atoms with Gasteiger partial charge in [0, 0.05) is 19.6 Å². The van der Waals surface area contributed by atoms with Crippen LogP contribution >= 0.6 is 0 Å². The summed E-state index contributed by atoms with van der Waals surface area (Å²) < 4.78 is 41.9. The molecule has 0 aliphatic heterocycles. The van der Waals surface area contributed by atoms with E-state index < -0.39 is 29.5 Å². The van der Waals surface area contributed by atoms with Crippen LogP contribution in [0, 0.1) is 18.8 Å². The number of nitrogens with zero attached hydrogens (tertiary/aromatic N) is 3. The quantitative estimate of drug-likeness (QED) is 0.694. The lowest BCUT2D eigenvalue weighted by Gasteiger charge is -2.24. The zero-order valence-corrected chi connectivity index (χ0v) is 16.1. The molecule has 1 aromatic heterocycles. The highest BCUT2D eigenvalue weighted by molar-refractivity contribution is 5.96. The predicted molar refractivity (Wildman–Crippen MR) is 98.6 cm³/mol. The first kappa shape index (κ1) is 19.0. The van der Waals surface area contributed by atoms with Gasteiger partial charge in [-0.2, -0.15) is 9.49 Å². The second-order valence-electron chi connectivity index (χ2n) is 8.06. The number of alkyl halides is 2. The van der Waals surface area contributed by atoms with Gasteiger partial charge in [-0.1, -0.05) is 23.8 Å². The molecule has 1 aromatic carbocycles. The van der Waals surface area contributed by atoms with Crippen LogP contribution in [0.3, 0.4) is 0 Å². The number of hydrogen-bond acceptors (Lipinski definition) is 2. The van der Waals surface area contributed by atoms with Crippen molar-refractivity contribution < 1.29 is 18.0 Å². The summed E-state index contributed by atoms with van der Waals surface area (Å²) in [6, 6.07) is 6.16. The van der Waals surface area contributed by atoms with Crippen LogP contribution in [0.5, 0.6) is 0 Å². The van der Waals surface area contributed by atoms with Crippen molar-refractivity contribution in [3.05, 3.63) is 52.1 Å². The van der Waals surface area contributed by atoms with Gasteiger partial charge in [-0.15, -0.1) is 0 Å². The number of benzene rings is 1. The van der Waals surface area contributed by atoms with Crippen molar-refractivity contribution in [2.75, 3.05) is 0 Å². The third-order valence-electron chi connectivity index (χ3n) is 5.58. The molecule has 2 fully saturated rings. The smallest absolute Gasteiger partial charge is 0.283 e. The van der Waals surface area contributed by atoms with Gasteiger partial charge in [-0.05, 0) is 56.1 Å². The molecule has 28 heavy (non-hydrogen) atoms. The minimum Gasteiger partial charge on any atom is -0.331 e. The fourth-order valence-electron chi connectivity index (χ4n) is 3.69. The van der Waals surface area contributed by atoms with Gasteiger partial charge in [0.1, 0.15) is 11.3 Å². The third kappa shape index (κ3) is 3.80. The standard InChI is InChI=1S/C21H24F3N3O/c1-12-3-6-14(10-13-4-5-13)15(9-12)11-27(16-7-8-16)21(28)17-18(19(22)23)25-26(2)20(17)24/h3,6,9,13,16,19H,4-5,7-8,10-11H2,1-2H3. The maximum Gasteiger partial charge on any atom is 0.283 e. The van der Waals surface area contributed by atoms with E-state index in [2.05, 4.69) is 17.2 Å². The molecule has 2 aromatic rings. The largest absolute Gasteiger partial charge is 0.331 e. The highest BCUT2D eigenvalue weighted by atomic mass is 19.3. The van der Waals surface area contributed by atoms with Crippen LogP contribution in [-0.2, 0) is 20.0 Å². The summed E-state index contributed by atoms with van der Waals surface area (Å²) in [4.78, 5) is 14.7. The Morgan fingerprint density at radius 2 is 1.96 bits per heavy atom. The van der Waals surface area contributed by atoms with Crippen LogP contribution in [0.2, 0.25) is 0 Å². The number of aromatic nitrogens is 2. The summed E-state index contributed by atoms with van der Waals surface area (Å²) in [6.45, 7) is 2.30. The fraction of sp³-hybridized carbons (Fsp3) is 0.524. The van der Waals surface area contributed by atoms with Crippen LogP contribution in [-0.4, -0.2) is 26.6 Å². The number of halogens is 3. The molecule has 0 saturated heterocycles. The van der Waals surface area contributed by atoms with Gasteiger partial charge in [-0.25, -0.2) is 13.5 Å². The molecule has 4 nitrogen and oxygen atoms in total. The molecule has 0 N–H and O–H groups in total. The number of carbonyl (C=O) groups is 1. The number of amides is 1. The maximum atomic E-state index is 14.5. The van der Waals surface area contributed by atoms with Crippen molar-refractivity contribution in [1.29, 1.82) is 0 Å². The van der Waals surface area contributed by atoms with Gasteiger partial charge in [0.05, 0.1) is 0 Å². The van der Waals surface area contributed by atoms with Crippen LogP contribution < -0.4 is 0 Å². The average molecular weight is 391 g/mol. The Bertz CT molecular complexity index is 901. The first-order valence-electron chi connectivity index (χ1n) is 9.75. The summed E-state index contributed by atoms with van der Waals surface area (Å²) >= 11 is 0. The van der Waals surface area contributed by atoms with Crippen LogP contribution in [0.15, 0.2) is 18.2 Å². The molecule has 7 heteroatoms. The van der Waals surface area contributed by atoms with E-state index in [-0.39, 0.29) is 6.04 Å². The Morgan fingerprint density at radius 1 is 1.25 bits per heavy atom. The lowest BCUT2D eigenvalue weighted by molar-refractivity contribution is 0.0711. The number of rotatable bonds is 7. The lowest BCUT2D eigenvalue weighted by atomic mass is 9.99. The van der Waals surface area contributed by atoms with E-state index in [0.29, 0.717) is 17.1 Å². The molecule has 0 bridgehead atoms. The predicted octanol–water partition coefficient (Wildman–Crippen LogP) is 4.56. The van der Waals surface area contributed by atoms with Gasteiger partial charge >= 0.3 is 0 Å². The maximum absolute atomic E-state index is 14.5. The van der Waals surface area contributed by atoms with Crippen LogP contribution in [0.25, 0.3) is 0 Å². The first-order chi connectivity index (χ1) is 13.3. The molecular weight excluding hydrogens is 367 g/mol. The van der Waals surface area contributed by atoms with Crippen molar-refractivity contribution in [2.45, 2.75) is 58.0 Å². The van der Waals surface area contributed by atoms with E-state index in [1.807, 2.05) is 13.0 Å². The van der Waals surface area contributed by atoms with Crippen molar-refractivity contribution in [1.82, 2.24) is 14.7 Å². The number of aryl methyl sites for hydroxylation is 2. The van der Waals surface area contributed by atoms with E-state index in [4.69, 9.17) is 0 Å². The monoisotopic (exact) mass is 391 g/mol. The van der Waals surface area contributed by atoms with E-state index in [1.54, 1.807) is 4.90 Å². The van der Waals surface area contributed by atoms with Crippen molar-refractivity contribution in [3.63, 3.8) is 0 Å². The summed E-state index contributed by atoms with van der Waals surface area (Å²) in [5, 5.41) is 3.52. The molecule has 4 rings (SSSR count). The van der Waals surface area contributed by atoms with Gasteiger partial charge in [0.2, 0.25) is 5.95 Å². The minimum absolute atomic E-state index is 0.0353. The average Bonchev–Trinajstić information content (AvgIpc) is 3.55. The summed E-state index contributed by atoms with van der Waals surface area (Å²) in [5.41, 5.74) is 1.92. The molecule has 0 spiro atoms. The second kappa shape index (κ2) is 7.26. The van der Waals surface area contributed by atoms with E-state index >= 15 is 0 Å². The molecule has 2 aliphatic carbocycles. The molecule has 0 unspecified atom stereocenters. The molecule has 1 amide bonds. The second-order valence-corrected chi connectivity index (χ2v) is 8.06. The molecule has 0 radical (unpaired) electrons. The Morgan fingerprint density at radius 3 is 2.57 bits per heavy atom. The molecular formula is C21H24F3N3O. The van der Waals surface area contributed by atoms with Gasteiger partial charge in [-0.3, -0.25) is 4.79 Å². The summed E-state index contributed by atoms with van der Waals surface area (Å²) in [7, 11) is 1.23. The molecule has 2 saturated carbocycles. The van der Waals surface area contributed by atoms with E-state index in [0.717, 1.165) is 30.4 Å². The zero-order valence-electron chi connectivity index (χ0n) is 16.1. The van der Waals surface area contributed by atoms with E-state index in [1.165, 1.54) is 25.5 Å². The van der Waals surface area contributed by atoms with Crippen molar-refractivity contribution in [3.8, 4) is 0 Å². The Hall–Kier alpha value is -2.31. The number of hydrogen-bond donors (Lipinski definition) is 0. The summed E-state index contributed by atoms with van der Waals surface area (Å²) in [5.74, 6) is -1.01. The third-order valence-corrected chi connectivity index (χ3v) is 5.58. The van der Waals surface area contributed by atoms with Crippen LogP contribution in [0.4, 0.5) is 13.2 Å². The zero-order chi connectivity index (χ0) is 20.0. The fourth-order valence-corrected chi connectivity index (χ4v) is 3.69. The Kier molecular flexibility index (Phi) is 4.93. The molecule has 0 atom stereocenters. The Labute approximate surface area is 162 Å². The lowest BCUT2D eigenvalue weighted by Crippen LogP contribution is -2.34. The topological polar surface area (TPSA) is 38.1 Å². The van der Waals surface area contributed by atoms with Gasteiger partial charge in [0.15, 0.2) is 0 Å². The normalized spacial score (nSPS) is 16.6. The van der Waals surface area contributed by atoms with Gasteiger partial charge in [0.25, 0.3) is 12.3 Å². The van der Waals surface area contributed by atoms with Crippen LogP contribution in [0.1, 0.15) is 64.9 Å². The first-order valence-corrected chi connectivity index (χ1v) is 9.75. The van der Waals surface area contributed by atoms with E-state index in [9.17, 15) is 18.0 Å². The Balaban J connectivity index is 1.66. The SMILES string of the molecule is Cc1ccc(CC2CC2)c(CN(C(=O)c2c(C(F)F)nn(C)c2F)C2CC2)c1. The summed E-state index contributed by atoms with van der Waals surface area (Å²) in [6.07, 6.45) is 2.02. The molecule has 2 aliphatic rings.